The predicted molar refractivity (Wildman–Crippen MR) is 63.0 cm³/mol. The van der Waals surface area contributed by atoms with E-state index in [-0.39, 0.29) is 0 Å². The van der Waals surface area contributed by atoms with Gasteiger partial charge in [0.2, 0.25) is 0 Å². The molecule has 1 aliphatic carbocycles. The third kappa shape index (κ3) is 2.36. The fourth-order valence-corrected chi connectivity index (χ4v) is 1.80. The molecule has 0 radical (unpaired) electrons. The van der Waals surface area contributed by atoms with E-state index < -0.39 is 11.1 Å². The largest absolute Gasteiger partial charge is 0.302 e. The summed E-state index contributed by atoms with van der Waals surface area (Å²) in [5, 5.41) is 0. The Morgan fingerprint density at radius 1 is 1.38 bits per heavy atom. The molecule has 1 aliphatic rings. The maximum absolute atomic E-state index is 10.9. The van der Waals surface area contributed by atoms with Crippen LogP contribution < -0.4 is 0 Å². The van der Waals surface area contributed by atoms with E-state index in [0.29, 0.717) is 22.2 Å². The topological polar surface area (TPSA) is 63.1 Å². The molecule has 2 rings (SSSR count). The summed E-state index contributed by atoms with van der Waals surface area (Å²) in [7, 11) is 0. The fourth-order valence-electron chi connectivity index (χ4n) is 1.45. The molecule has 5 heteroatoms. The molecule has 4 nitrogen and oxygen atoms in total. The van der Waals surface area contributed by atoms with Crippen LogP contribution in [0, 0.1) is 0 Å². The van der Waals surface area contributed by atoms with Crippen molar-refractivity contribution in [2.75, 3.05) is 0 Å². The third-order valence-corrected chi connectivity index (χ3v) is 3.68. The van der Waals surface area contributed by atoms with E-state index in [0.717, 1.165) is 0 Å². The van der Waals surface area contributed by atoms with Crippen LogP contribution in [0.4, 0.5) is 0 Å². The van der Waals surface area contributed by atoms with Crippen LogP contribution in [0.3, 0.4) is 0 Å². The Kier molecular flexibility index (Phi) is 3.16. The molecule has 0 amide bonds. The number of nitrogens with zero attached hydrogens (tertiary/aromatic N) is 2. The Balaban J connectivity index is 2.27. The van der Waals surface area contributed by atoms with E-state index in [1.807, 2.05) is 12.4 Å². The zero-order chi connectivity index (χ0) is 11.7. The SMILES string of the molecule is C/C(=C(/C)S(=O)O)c1ncc(C2CC2)cn1. The van der Waals surface area contributed by atoms with Crippen LogP contribution in [0.5, 0.6) is 0 Å². The van der Waals surface area contributed by atoms with Crippen molar-refractivity contribution < 1.29 is 8.76 Å². The van der Waals surface area contributed by atoms with Gasteiger partial charge in [0.05, 0.1) is 0 Å². The van der Waals surface area contributed by atoms with Crippen LogP contribution in [0.1, 0.15) is 44.0 Å². The Hall–Kier alpha value is -1.07. The summed E-state index contributed by atoms with van der Waals surface area (Å²) in [5.41, 5.74) is 1.84. The first kappa shape index (κ1) is 11.4. The Bertz CT molecular complexity index is 450. The molecule has 1 heterocycles. The molecule has 1 aromatic rings. The summed E-state index contributed by atoms with van der Waals surface area (Å²) >= 11 is -1.94. The lowest BCUT2D eigenvalue weighted by atomic mass is 10.2. The van der Waals surface area contributed by atoms with E-state index in [4.69, 9.17) is 4.55 Å². The van der Waals surface area contributed by atoms with Crippen molar-refractivity contribution in [2.24, 2.45) is 0 Å². The Morgan fingerprint density at radius 2 is 1.94 bits per heavy atom. The van der Waals surface area contributed by atoms with Crippen LogP contribution in [0.15, 0.2) is 17.3 Å². The van der Waals surface area contributed by atoms with Gasteiger partial charge in [-0.05, 0) is 38.2 Å². The monoisotopic (exact) mass is 238 g/mol. The van der Waals surface area contributed by atoms with Gasteiger partial charge in [0.25, 0.3) is 0 Å². The number of allylic oxidation sites excluding steroid dienone is 2. The van der Waals surface area contributed by atoms with E-state index in [2.05, 4.69) is 9.97 Å². The summed E-state index contributed by atoms with van der Waals surface area (Å²) in [6, 6.07) is 0. The van der Waals surface area contributed by atoms with Crippen LogP contribution in [-0.2, 0) is 11.1 Å². The van der Waals surface area contributed by atoms with Crippen LogP contribution >= 0.6 is 0 Å². The van der Waals surface area contributed by atoms with Gasteiger partial charge in [-0.3, -0.25) is 0 Å². The lowest BCUT2D eigenvalue weighted by Crippen LogP contribution is -1.98. The zero-order valence-electron chi connectivity index (χ0n) is 9.30. The molecule has 1 fully saturated rings. The molecule has 1 saturated carbocycles. The molecule has 16 heavy (non-hydrogen) atoms. The molecule has 0 bridgehead atoms. The average Bonchev–Trinajstić information content (AvgIpc) is 3.11. The van der Waals surface area contributed by atoms with Gasteiger partial charge in [-0.25, -0.2) is 14.2 Å². The quantitative estimate of drug-likeness (QED) is 0.821. The highest BCUT2D eigenvalue weighted by Gasteiger charge is 2.24. The van der Waals surface area contributed by atoms with Crippen LogP contribution in [0.2, 0.25) is 0 Å². The number of aromatic nitrogens is 2. The smallest absolute Gasteiger partial charge is 0.182 e. The molecular weight excluding hydrogens is 224 g/mol. The summed E-state index contributed by atoms with van der Waals surface area (Å²) in [6.07, 6.45) is 6.07. The summed E-state index contributed by atoms with van der Waals surface area (Å²) in [5.74, 6) is 1.16. The molecule has 86 valence electrons. The minimum absolute atomic E-state index is 0.402. The molecule has 1 atom stereocenters. The van der Waals surface area contributed by atoms with Gasteiger partial charge < -0.3 is 4.55 Å². The van der Waals surface area contributed by atoms with Gasteiger partial charge in [0.15, 0.2) is 16.9 Å². The van der Waals surface area contributed by atoms with Crippen molar-refractivity contribution in [1.29, 1.82) is 0 Å². The van der Waals surface area contributed by atoms with Crippen molar-refractivity contribution in [3.63, 3.8) is 0 Å². The predicted octanol–water partition coefficient (Wildman–Crippen LogP) is 2.33. The molecule has 1 aromatic heterocycles. The second-order valence-electron chi connectivity index (χ2n) is 4.04. The third-order valence-electron chi connectivity index (χ3n) is 2.85. The van der Waals surface area contributed by atoms with E-state index >= 15 is 0 Å². The number of rotatable bonds is 3. The summed E-state index contributed by atoms with van der Waals surface area (Å²) in [4.78, 5) is 8.86. The van der Waals surface area contributed by atoms with Gasteiger partial charge in [0.1, 0.15) is 0 Å². The molecule has 0 aromatic carbocycles. The molecule has 1 unspecified atom stereocenters. The molecule has 1 N–H and O–H groups in total. The summed E-state index contributed by atoms with van der Waals surface area (Å²) < 4.78 is 19.9. The highest BCUT2D eigenvalue weighted by molar-refractivity contribution is 7.83. The zero-order valence-corrected chi connectivity index (χ0v) is 10.1. The second-order valence-corrected chi connectivity index (χ2v) is 5.16. The molecular formula is C11H14N2O2S. The van der Waals surface area contributed by atoms with Gasteiger partial charge in [-0.2, -0.15) is 0 Å². The average molecular weight is 238 g/mol. The van der Waals surface area contributed by atoms with Crippen molar-refractivity contribution in [3.8, 4) is 0 Å². The maximum atomic E-state index is 10.9. The van der Waals surface area contributed by atoms with E-state index in [1.165, 1.54) is 18.4 Å². The highest BCUT2D eigenvalue weighted by atomic mass is 32.2. The van der Waals surface area contributed by atoms with Crippen molar-refractivity contribution in [1.82, 2.24) is 9.97 Å². The van der Waals surface area contributed by atoms with E-state index in [1.54, 1.807) is 13.8 Å². The first-order valence-corrected chi connectivity index (χ1v) is 6.31. The molecule has 0 aliphatic heterocycles. The fraction of sp³-hybridized carbons (Fsp3) is 0.455. The lowest BCUT2D eigenvalue weighted by Gasteiger charge is -2.04. The number of hydrogen-bond acceptors (Lipinski definition) is 3. The number of hydrogen-bond donors (Lipinski definition) is 1. The van der Waals surface area contributed by atoms with Gasteiger partial charge in [-0.1, -0.05) is 0 Å². The van der Waals surface area contributed by atoms with Gasteiger partial charge in [0, 0.05) is 22.9 Å². The Labute approximate surface area is 97.1 Å². The molecule has 0 spiro atoms. The van der Waals surface area contributed by atoms with Crippen molar-refractivity contribution >= 4 is 16.7 Å². The van der Waals surface area contributed by atoms with Crippen LogP contribution in [-0.4, -0.2) is 18.7 Å². The second kappa shape index (κ2) is 4.43. The lowest BCUT2D eigenvalue weighted by molar-refractivity contribution is 0.571. The van der Waals surface area contributed by atoms with E-state index in [9.17, 15) is 4.21 Å². The van der Waals surface area contributed by atoms with Gasteiger partial charge >= 0.3 is 0 Å². The maximum Gasteiger partial charge on any atom is 0.182 e. The highest BCUT2D eigenvalue weighted by Crippen LogP contribution is 2.39. The first-order chi connectivity index (χ1) is 7.59. The standard InChI is InChI=1S/C11H14N2O2S/c1-7(8(2)16(14)15)11-12-5-10(6-13-11)9-3-4-9/h5-6,9H,3-4H2,1-2H3,(H,14,15)/b8-7+. The van der Waals surface area contributed by atoms with Crippen molar-refractivity contribution in [3.05, 3.63) is 28.7 Å². The minimum Gasteiger partial charge on any atom is -0.302 e. The van der Waals surface area contributed by atoms with Crippen LogP contribution in [0.25, 0.3) is 5.57 Å². The van der Waals surface area contributed by atoms with Crippen molar-refractivity contribution in [2.45, 2.75) is 32.6 Å². The first-order valence-electron chi connectivity index (χ1n) is 5.20. The Morgan fingerprint density at radius 3 is 2.38 bits per heavy atom. The normalized spacial score (nSPS) is 19.2. The summed E-state index contributed by atoms with van der Waals surface area (Å²) in [6.45, 7) is 3.37. The molecule has 0 saturated heterocycles. The van der Waals surface area contributed by atoms with Gasteiger partial charge in [-0.15, -0.1) is 0 Å². The minimum atomic E-state index is -1.94.